The number of rotatable bonds is 4. The van der Waals surface area contributed by atoms with E-state index in [1.807, 2.05) is 12.1 Å². The molecule has 6 nitrogen and oxygen atoms in total. The van der Waals surface area contributed by atoms with Gasteiger partial charge in [-0.25, -0.2) is 13.3 Å². The Labute approximate surface area is 163 Å². The lowest BCUT2D eigenvalue weighted by atomic mass is 9.93. The Morgan fingerprint density at radius 3 is 2.86 bits per heavy atom. The van der Waals surface area contributed by atoms with E-state index >= 15 is 0 Å². The molecule has 0 saturated heterocycles. The van der Waals surface area contributed by atoms with Crippen molar-refractivity contribution in [2.45, 2.75) is 31.4 Å². The molecular weight excluding hydrogens is 376 g/mol. The fourth-order valence-electron chi connectivity index (χ4n) is 4.02. The van der Waals surface area contributed by atoms with E-state index in [2.05, 4.69) is 20.6 Å². The Kier molecular flexibility index (Phi) is 3.36. The zero-order chi connectivity index (χ0) is 19.7. The van der Waals surface area contributed by atoms with Crippen molar-refractivity contribution < 1.29 is 13.6 Å². The maximum absolute atomic E-state index is 14.9. The molecule has 3 aromatic heterocycles. The Bertz CT molecular complexity index is 1290. The zero-order valence-corrected chi connectivity index (χ0v) is 15.3. The van der Waals surface area contributed by atoms with E-state index in [1.165, 1.54) is 6.07 Å². The number of hydrogen-bond donors (Lipinski definition) is 2. The standard InChI is InChI=1S/C21H17F2N5O/c22-15-7-13(15)21(29)25-18-6-12-5-11(3-4-28(12)27-18)19-14-9-24-26-17(14)8-16(23)20(19)10-1-2-10/h3-6,8-10,13,15H,1-2,7H2,(H,24,26)(H,25,27,29)/t13-,15+/m1/s1. The molecule has 4 aromatic rings. The first-order chi connectivity index (χ1) is 14.1. The van der Waals surface area contributed by atoms with E-state index < -0.39 is 12.1 Å². The quantitative estimate of drug-likeness (QED) is 0.546. The van der Waals surface area contributed by atoms with E-state index in [4.69, 9.17) is 0 Å². The molecule has 6 rings (SSSR count). The average molecular weight is 393 g/mol. The van der Waals surface area contributed by atoms with Crippen LogP contribution >= 0.6 is 0 Å². The summed E-state index contributed by atoms with van der Waals surface area (Å²) >= 11 is 0. The second kappa shape index (κ2) is 5.85. The topological polar surface area (TPSA) is 75.1 Å². The van der Waals surface area contributed by atoms with Gasteiger partial charge in [-0.15, -0.1) is 0 Å². The Morgan fingerprint density at radius 1 is 1.28 bits per heavy atom. The number of anilines is 1. The van der Waals surface area contributed by atoms with Crippen LogP contribution in [0.2, 0.25) is 0 Å². The van der Waals surface area contributed by atoms with Crippen molar-refractivity contribution in [2.24, 2.45) is 5.92 Å². The largest absolute Gasteiger partial charge is 0.309 e. The first-order valence-electron chi connectivity index (χ1n) is 9.68. The second-order valence-electron chi connectivity index (χ2n) is 7.91. The first-order valence-corrected chi connectivity index (χ1v) is 9.68. The van der Waals surface area contributed by atoms with Gasteiger partial charge in [0.1, 0.15) is 12.0 Å². The van der Waals surface area contributed by atoms with Crippen LogP contribution in [0.4, 0.5) is 14.6 Å². The number of aromatic nitrogens is 4. The number of nitrogens with one attached hydrogen (secondary N) is 2. The highest BCUT2D eigenvalue weighted by Crippen LogP contribution is 2.48. The number of amides is 1. The Morgan fingerprint density at radius 2 is 2.10 bits per heavy atom. The second-order valence-corrected chi connectivity index (χ2v) is 7.91. The molecule has 0 unspecified atom stereocenters. The van der Waals surface area contributed by atoms with Gasteiger partial charge < -0.3 is 5.32 Å². The third-order valence-electron chi connectivity index (χ3n) is 5.77. The van der Waals surface area contributed by atoms with E-state index in [0.717, 1.165) is 40.4 Å². The summed E-state index contributed by atoms with van der Waals surface area (Å²) in [6.07, 6.45) is 4.69. The highest BCUT2D eigenvalue weighted by atomic mass is 19.1. The molecular formula is C21H17F2N5O. The van der Waals surface area contributed by atoms with Gasteiger partial charge in [0, 0.05) is 17.6 Å². The van der Waals surface area contributed by atoms with Gasteiger partial charge >= 0.3 is 0 Å². The lowest BCUT2D eigenvalue weighted by Gasteiger charge is -2.12. The van der Waals surface area contributed by atoms with E-state index in [-0.39, 0.29) is 24.1 Å². The van der Waals surface area contributed by atoms with Gasteiger partial charge in [0.25, 0.3) is 0 Å². The average Bonchev–Trinajstić information content (AvgIpc) is 3.57. The number of H-pyrrole nitrogens is 1. The van der Waals surface area contributed by atoms with Gasteiger partial charge in [0.15, 0.2) is 5.82 Å². The number of fused-ring (bicyclic) bond motifs is 2. The number of carbonyl (C=O) groups excluding carboxylic acids is 1. The Hall–Kier alpha value is -3.29. The van der Waals surface area contributed by atoms with Gasteiger partial charge in [-0.2, -0.15) is 10.2 Å². The van der Waals surface area contributed by atoms with Crippen LogP contribution in [0.25, 0.3) is 27.5 Å². The highest BCUT2D eigenvalue weighted by molar-refractivity contribution is 5.98. The summed E-state index contributed by atoms with van der Waals surface area (Å²) in [5.41, 5.74) is 3.87. The maximum atomic E-state index is 14.9. The molecule has 2 saturated carbocycles. The van der Waals surface area contributed by atoms with Crippen LogP contribution in [0.3, 0.4) is 0 Å². The van der Waals surface area contributed by atoms with E-state index in [1.54, 1.807) is 23.0 Å². The van der Waals surface area contributed by atoms with Gasteiger partial charge in [-0.1, -0.05) is 0 Å². The van der Waals surface area contributed by atoms with Crippen molar-refractivity contribution in [3.8, 4) is 11.1 Å². The van der Waals surface area contributed by atoms with Gasteiger partial charge in [0.05, 0.1) is 23.1 Å². The van der Waals surface area contributed by atoms with Crippen molar-refractivity contribution >= 4 is 28.1 Å². The molecule has 2 atom stereocenters. The molecule has 2 aliphatic rings. The lowest BCUT2D eigenvalue weighted by molar-refractivity contribution is -0.117. The van der Waals surface area contributed by atoms with E-state index in [9.17, 15) is 13.6 Å². The van der Waals surface area contributed by atoms with Gasteiger partial charge in [-0.3, -0.25) is 9.89 Å². The molecule has 146 valence electrons. The van der Waals surface area contributed by atoms with Crippen molar-refractivity contribution in [2.75, 3.05) is 5.32 Å². The minimum Gasteiger partial charge on any atom is -0.309 e. The summed E-state index contributed by atoms with van der Waals surface area (Å²) in [5.74, 6) is -0.528. The summed E-state index contributed by atoms with van der Waals surface area (Å²) in [4.78, 5) is 12.0. The number of nitrogens with zero attached hydrogens (tertiary/aromatic N) is 3. The SMILES string of the molecule is O=C(Nc1cc2cc(-c3c(C4CC4)c(F)cc4[nH]ncc34)ccn2n1)[C@@H]1C[C@@H]1F. The molecule has 0 radical (unpaired) electrons. The molecule has 1 amide bonds. The fraction of sp³-hybridized carbons (Fsp3) is 0.286. The molecule has 0 aliphatic heterocycles. The van der Waals surface area contributed by atoms with Crippen molar-refractivity contribution in [1.29, 1.82) is 0 Å². The minimum atomic E-state index is -1.05. The van der Waals surface area contributed by atoms with Gasteiger partial charge in [-0.05, 0) is 60.1 Å². The monoisotopic (exact) mass is 393 g/mol. The summed E-state index contributed by atoms with van der Waals surface area (Å²) in [6, 6.07) is 7.06. The normalized spacial score (nSPS) is 21.0. The molecule has 2 N–H and O–H groups in total. The lowest BCUT2D eigenvalue weighted by Crippen LogP contribution is -2.15. The molecule has 8 heteroatoms. The summed E-state index contributed by atoms with van der Waals surface area (Å²) in [6.45, 7) is 0. The van der Waals surface area contributed by atoms with Crippen LogP contribution in [-0.4, -0.2) is 31.9 Å². The first kappa shape index (κ1) is 16.6. The maximum Gasteiger partial charge on any atom is 0.231 e. The number of alkyl halides is 1. The zero-order valence-electron chi connectivity index (χ0n) is 15.3. The molecule has 0 spiro atoms. The van der Waals surface area contributed by atoms with Crippen molar-refractivity contribution in [3.63, 3.8) is 0 Å². The molecule has 2 aliphatic carbocycles. The molecule has 2 fully saturated rings. The van der Waals surface area contributed by atoms with Crippen LogP contribution in [0.1, 0.15) is 30.7 Å². The fourth-order valence-corrected chi connectivity index (χ4v) is 4.02. The molecule has 29 heavy (non-hydrogen) atoms. The predicted molar refractivity (Wildman–Crippen MR) is 104 cm³/mol. The van der Waals surface area contributed by atoms with Crippen molar-refractivity contribution in [1.82, 2.24) is 19.8 Å². The van der Waals surface area contributed by atoms with Crippen LogP contribution in [0.5, 0.6) is 0 Å². The number of pyridine rings is 1. The summed E-state index contributed by atoms with van der Waals surface area (Å²) in [7, 11) is 0. The highest BCUT2D eigenvalue weighted by Gasteiger charge is 2.43. The Balaban J connectivity index is 1.44. The summed E-state index contributed by atoms with van der Waals surface area (Å²) < 4.78 is 29.6. The number of hydrogen-bond acceptors (Lipinski definition) is 3. The number of benzene rings is 1. The van der Waals surface area contributed by atoms with Crippen LogP contribution in [-0.2, 0) is 4.79 Å². The minimum absolute atomic E-state index is 0.217. The van der Waals surface area contributed by atoms with E-state index in [0.29, 0.717) is 11.3 Å². The van der Waals surface area contributed by atoms with Crippen LogP contribution < -0.4 is 5.32 Å². The number of aromatic amines is 1. The van der Waals surface area contributed by atoms with Crippen molar-refractivity contribution in [3.05, 3.63) is 48.0 Å². The molecule has 1 aromatic carbocycles. The number of halogens is 2. The third-order valence-corrected chi connectivity index (χ3v) is 5.77. The molecule has 3 heterocycles. The van der Waals surface area contributed by atoms with Gasteiger partial charge in [0.2, 0.25) is 5.91 Å². The summed E-state index contributed by atoms with van der Waals surface area (Å²) in [5, 5.41) is 14.8. The third kappa shape index (κ3) is 2.70. The van der Waals surface area contributed by atoms with Crippen LogP contribution in [0, 0.1) is 11.7 Å². The predicted octanol–water partition coefficient (Wildman–Crippen LogP) is 4.19. The van der Waals surface area contributed by atoms with Crippen LogP contribution in [0.15, 0.2) is 36.7 Å². The molecule has 0 bridgehead atoms. The number of carbonyl (C=O) groups is 1. The smallest absolute Gasteiger partial charge is 0.231 e.